The molecule has 1 aliphatic heterocycles. The van der Waals surface area contributed by atoms with E-state index in [2.05, 4.69) is 0 Å². The molecule has 2 rings (SSSR count). The Labute approximate surface area is 127 Å². The summed E-state index contributed by atoms with van der Waals surface area (Å²) < 4.78 is 0. The smallest absolute Gasteiger partial charge is 0.313 e. The van der Waals surface area contributed by atoms with Gasteiger partial charge in [-0.2, -0.15) is 0 Å². The first kappa shape index (κ1) is 15.2. The fourth-order valence-electron chi connectivity index (χ4n) is 2.44. The highest BCUT2D eigenvalue weighted by Gasteiger charge is 2.30. The summed E-state index contributed by atoms with van der Waals surface area (Å²) in [7, 11) is 0. The molecular formula is C14H16ClNO3S. The van der Waals surface area contributed by atoms with Crippen LogP contribution < -0.4 is 0 Å². The highest BCUT2D eigenvalue weighted by atomic mass is 35.5. The van der Waals surface area contributed by atoms with Gasteiger partial charge in [-0.1, -0.05) is 29.8 Å². The highest BCUT2D eigenvalue weighted by molar-refractivity contribution is 8.00. The van der Waals surface area contributed by atoms with Crippen molar-refractivity contribution in [3.8, 4) is 0 Å². The Morgan fingerprint density at radius 1 is 1.35 bits per heavy atom. The van der Waals surface area contributed by atoms with Crippen LogP contribution in [0.25, 0.3) is 0 Å². The molecule has 6 heteroatoms. The highest BCUT2D eigenvalue weighted by Crippen LogP contribution is 2.35. The van der Waals surface area contributed by atoms with Crippen LogP contribution in [0.1, 0.15) is 24.4 Å². The van der Waals surface area contributed by atoms with Crippen LogP contribution in [-0.2, 0) is 9.59 Å². The van der Waals surface area contributed by atoms with Crippen molar-refractivity contribution in [2.45, 2.75) is 18.9 Å². The third-order valence-corrected chi connectivity index (χ3v) is 4.53. The standard InChI is InChI=1S/C14H16ClNO3S/c15-11-5-2-1-4-10(11)12-6-3-7-16(12)13(17)8-20-9-14(18)19/h1-2,4-5,12H,3,6-9H2,(H,18,19). The zero-order valence-electron chi connectivity index (χ0n) is 10.9. The van der Waals surface area contributed by atoms with E-state index in [1.165, 1.54) is 0 Å². The van der Waals surface area contributed by atoms with E-state index in [1.807, 2.05) is 29.2 Å². The van der Waals surface area contributed by atoms with Crippen molar-refractivity contribution in [2.75, 3.05) is 18.1 Å². The quantitative estimate of drug-likeness (QED) is 0.908. The molecule has 1 unspecified atom stereocenters. The lowest BCUT2D eigenvalue weighted by molar-refractivity contribution is -0.133. The van der Waals surface area contributed by atoms with Gasteiger partial charge < -0.3 is 10.0 Å². The molecule has 4 nitrogen and oxygen atoms in total. The molecule has 0 aromatic heterocycles. The third kappa shape index (κ3) is 3.67. The number of aliphatic carboxylic acids is 1. The van der Waals surface area contributed by atoms with E-state index < -0.39 is 5.97 Å². The molecule has 1 heterocycles. The van der Waals surface area contributed by atoms with Crippen LogP contribution in [0.3, 0.4) is 0 Å². The number of carboxylic acids is 1. The fourth-order valence-corrected chi connectivity index (χ4v) is 3.32. The molecule has 1 N–H and O–H groups in total. The van der Waals surface area contributed by atoms with E-state index >= 15 is 0 Å². The first-order valence-corrected chi connectivity index (χ1v) is 7.96. The van der Waals surface area contributed by atoms with Gasteiger partial charge in [0.1, 0.15) is 0 Å². The molecule has 1 aromatic carbocycles. The molecule has 0 aliphatic carbocycles. The number of carbonyl (C=O) groups excluding carboxylic acids is 1. The summed E-state index contributed by atoms with van der Waals surface area (Å²) in [6, 6.07) is 7.58. The van der Waals surface area contributed by atoms with Crippen LogP contribution in [-0.4, -0.2) is 39.9 Å². The number of amides is 1. The maximum Gasteiger partial charge on any atom is 0.313 e. The van der Waals surface area contributed by atoms with Crippen molar-refractivity contribution in [3.63, 3.8) is 0 Å². The summed E-state index contributed by atoms with van der Waals surface area (Å²) in [4.78, 5) is 24.5. The Bertz CT molecular complexity index is 509. The molecule has 1 saturated heterocycles. The minimum absolute atomic E-state index is 0.0151. The Morgan fingerprint density at radius 2 is 2.10 bits per heavy atom. The molecule has 1 aromatic rings. The van der Waals surface area contributed by atoms with E-state index in [-0.39, 0.29) is 23.5 Å². The molecule has 1 amide bonds. The molecular weight excluding hydrogens is 298 g/mol. The Balaban J connectivity index is 2.02. The lowest BCUT2D eigenvalue weighted by Crippen LogP contribution is -2.32. The fraction of sp³-hybridized carbons (Fsp3) is 0.429. The second-order valence-electron chi connectivity index (χ2n) is 4.65. The summed E-state index contributed by atoms with van der Waals surface area (Å²) in [6.45, 7) is 0.711. The number of thioether (sulfide) groups is 1. The number of hydrogen-bond acceptors (Lipinski definition) is 3. The lowest BCUT2D eigenvalue weighted by Gasteiger charge is -2.25. The number of halogens is 1. The SMILES string of the molecule is O=C(O)CSCC(=O)N1CCCC1c1ccccc1Cl. The number of hydrogen-bond donors (Lipinski definition) is 1. The van der Waals surface area contributed by atoms with Gasteiger partial charge in [-0.15, -0.1) is 11.8 Å². The van der Waals surface area contributed by atoms with Gasteiger partial charge in [0.15, 0.2) is 0 Å². The van der Waals surface area contributed by atoms with Gasteiger partial charge in [-0.25, -0.2) is 0 Å². The molecule has 1 aliphatic rings. The molecule has 0 saturated carbocycles. The van der Waals surface area contributed by atoms with E-state index in [9.17, 15) is 9.59 Å². The predicted octanol–water partition coefficient (Wildman–Crippen LogP) is 2.82. The van der Waals surface area contributed by atoms with Crippen molar-refractivity contribution < 1.29 is 14.7 Å². The molecule has 0 radical (unpaired) electrons. The molecule has 0 spiro atoms. The van der Waals surface area contributed by atoms with Gasteiger partial charge in [0.2, 0.25) is 5.91 Å². The van der Waals surface area contributed by atoms with Gasteiger partial charge in [0, 0.05) is 11.6 Å². The summed E-state index contributed by atoms with van der Waals surface area (Å²) in [5, 5.41) is 9.27. The lowest BCUT2D eigenvalue weighted by atomic mass is 10.0. The van der Waals surface area contributed by atoms with Gasteiger partial charge >= 0.3 is 5.97 Å². The van der Waals surface area contributed by atoms with Crippen LogP contribution in [0.15, 0.2) is 24.3 Å². The minimum Gasteiger partial charge on any atom is -0.481 e. The summed E-state index contributed by atoms with van der Waals surface area (Å²) in [5.74, 6) is -0.755. The van der Waals surface area contributed by atoms with Crippen molar-refractivity contribution in [3.05, 3.63) is 34.9 Å². The number of likely N-dealkylation sites (tertiary alicyclic amines) is 1. The van der Waals surface area contributed by atoms with E-state index in [0.717, 1.165) is 30.2 Å². The number of benzene rings is 1. The van der Waals surface area contributed by atoms with Gasteiger partial charge in [-0.3, -0.25) is 9.59 Å². The van der Waals surface area contributed by atoms with Crippen molar-refractivity contribution in [1.29, 1.82) is 0 Å². The largest absolute Gasteiger partial charge is 0.481 e. The van der Waals surface area contributed by atoms with Crippen LogP contribution in [0.5, 0.6) is 0 Å². The molecule has 0 bridgehead atoms. The van der Waals surface area contributed by atoms with Gasteiger partial charge in [0.05, 0.1) is 17.5 Å². The van der Waals surface area contributed by atoms with Crippen LogP contribution >= 0.6 is 23.4 Å². The summed E-state index contributed by atoms with van der Waals surface area (Å²) >= 11 is 7.33. The minimum atomic E-state index is -0.896. The van der Waals surface area contributed by atoms with Crippen LogP contribution in [0, 0.1) is 0 Å². The first-order chi connectivity index (χ1) is 9.59. The second kappa shape index (κ2) is 6.99. The topological polar surface area (TPSA) is 57.6 Å². The molecule has 108 valence electrons. The number of rotatable bonds is 5. The third-order valence-electron chi connectivity index (χ3n) is 3.29. The predicted molar refractivity (Wildman–Crippen MR) is 80.1 cm³/mol. The van der Waals surface area contributed by atoms with E-state index in [1.54, 1.807) is 0 Å². The summed E-state index contributed by atoms with van der Waals surface area (Å²) in [5.41, 5.74) is 0.975. The Kier molecular flexibility index (Phi) is 5.31. The maximum atomic E-state index is 12.2. The van der Waals surface area contributed by atoms with Crippen LogP contribution in [0.4, 0.5) is 0 Å². The average Bonchev–Trinajstić information content (AvgIpc) is 2.87. The normalized spacial score (nSPS) is 18.2. The van der Waals surface area contributed by atoms with Crippen LogP contribution in [0.2, 0.25) is 5.02 Å². The van der Waals surface area contributed by atoms with Crippen molar-refractivity contribution >= 4 is 35.2 Å². The number of nitrogens with zero attached hydrogens (tertiary/aromatic N) is 1. The number of carboxylic acid groups (broad SMARTS) is 1. The first-order valence-electron chi connectivity index (χ1n) is 6.43. The van der Waals surface area contributed by atoms with Crippen molar-refractivity contribution in [1.82, 2.24) is 4.90 Å². The van der Waals surface area contributed by atoms with Gasteiger partial charge in [0.25, 0.3) is 0 Å². The number of carbonyl (C=O) groups is 2. The monoisotopic (exact) mass is 313 g/mol. The van der Waals surface area contributed by atoms with E-state index in [0.29, 0.717) is 11.6 Å². The van der Waals surface area contributed by atoms with Gasteiger partial charge in [-0.05, 0) is 24.5 Å². The molecule has 20 heavy (non-hydrogen) atoms. The average molecular weight is 314 g/mol. The summed E-state index contributed by atoms with van der Waals surface area (Å²) in [6.07, 6.45) is 1.85. The zero-order chi connectivity index (χ0) is 14.5. The van der Waals surface area contributed by atoms with Crippen molar-refractivity contribution in [2.24, 2.45) is 0 Å². The Hall–Kier alpha value is -1.20. The Morgan fingerprint density at radius 3 is 2.80 bits per heavy atom. The zero-order valence-corrected chi connectivity index (χ0v) is 12.5. The van der Waals surface area contributed by atoms with E-state index in [4.69, 9.17) is 16.7 Å². The maximum absolute atomic E-state index is 12.2. The second-order valence-corrected chi connectivity index (χ2v) is 6.05. The molecule has 1 fully saturated rings. The molecule has 1 atom stereocenters.